The third kappa shape index (κ3) is 3.97. The van der Waals surface area contributed by atoms with E-state index in [-0.39, 0.29) is 12.2 Å². The van der Waals surface area contributed by atoms with Gasteiger partial charge in [0.1, 0.15) is 23.7 Å². The molecule has 15 heteroatoms. The number of tetrazole rings is 1. The second-order valence-electron chi connectivity index (χ2n) is 7.23. The topological polar surface area (TPSA) is 148 Å². The molecule has 2 aromatic rings. The molecule has 1 saturated heterocycles. The van der Waals surface area contributed by atoms with Crippen LogP contribution in [0.15, 0.2) is 16.4 Å². The lowest BCUT2D eigenvalue weighted by atomic mass is 10.0. The van der Waals surface area contributed by atoms with Gasteiger partial charge in [0.15, 0.2) is 0 Å². The van der Waals surface area contributed by atoms with Crippen molar-refractivity contribution in [2.24, 2.45) is 7.05 Å². The highest BCUT2D eigenvalue weighted by Crippen LogP contribution is 2.41. The molecule has 2 unspecified atom stereocenters. The predicted molar refractivity (Wildman–Crippen MR) is 116 cm³/mol. The number of aryl methyl sites for hydroxylation is 2. The summed E-state index contributed by atoms with van der Waals surface area (Å²) >= 11 is 8.81. The van der Waals surface area contributed by atoms with Crippen molar-refractivity contribution in [1.82, 2.24) is 40.2 Å². The number of fused-ring (bicyclic) bond motifs is 1. The molecule has 2 amide bonds. The summed E-state index contributed by atoms with van der Waals surface area (Å²) in [5, 5.41) is 28.4. The van der Waals surface area contributed by atoms with E-state index in [0.717, 1.165) is 0 Å². The van der Waals surface area contributed by atoms with Crippen molar-refractivity contribution in [3.63, 3.8) is 0 Å². The quantitative estimate of drug-likeness (QED) is 0.400. The monoisotopic (exact) mass is 498 g/mol. The minimum atomic E-state index is -1.18. The van der Waals surface area contributed by atoms with Gasteiger partial charge in [0, 0.05) is 18.6 Å². The van der Waals surface area contributed by atoms with Gasteiger partial charge in [-0.2, -0.15) is 5.10 Å². The molecule has 0 aromatic carbocycles. The van der Waals surface area contributed by atoms with Crippen molar-refractivity contribution in [3.05, 3.63) is 27.7 Å². The number of β-lactam (4-membered cyclic amide) rings is 1. The van der Waals surface area contributed by atoms with Crippen LogP contribution in [0.4, 0.5) is 0 Å². The molecule has 2 aliphatic rings. The van der Waals surface area contributed by atoms with E-state index in [2.05, 4.69) is 25.9 Å². The van der Waals surface area contributed by atoms with Crippen molar-refractivity contribution < 1.29 is 19.5 Å². The number of halogens is 1. The maximum absolute atomic E-state index is 12.8. The number of carbonyl (C=O) groups is 3. The Hall–Kier alpha value is -2.58. The van der Waals surface area contributed by atoms with E-state index in [1.54, 1.807) is 20.9 Å². The number of carboxylic acids is 1. The summed E-state index contributed by atoms with van der Waals surface area (Å²) in [5.74, 6) is -1.30. The van der Waals surface area contributed by atoms with E-state index in [4.69, 9.17) is 11.6 Å². The first kappa shape index (κ1) is 22.6. The number of hydrogen-bond acceptors (Lipinski definition) is 9. The SMILES string of the molecule is Cc1nn(CC(=O)NC2C(=O)N3C(C(=O)O)=C(CSc4nnnn4C)CSC23)c(C)c1Cl. The van der Waals surface area contributed by atoms with Gasteiger partial charge in [0.25, 0.3) is 5.91 Å². The number of nitrogens with one attached hydrogen (secondary N) is 1. The number of nitrogens with zero attached hydrogens (tertiary/aromatic N) is 7. The molecule has 0 aliphatic carbocycles. The van der Waals surface area contributed by atoms with Crippen molar-refractivity contribution >= 4 is 52.9 Å². The van der Waals surface area contributed by atoms with Crippen LogP contribution in [0.3, 0.4) is 0 Å². The van der Waals surface area contributed by atoms with Gasteiger partial charge in [0.2, 0.25) is 11.1 Å². The van der Waals surface area contributed by atoms with Crippen LogP contribution >= 0.6 is 35.1 Å². The predicted octanol–water partition coefficient (Wildman–Crippen LogP) is 0.208. The Bertz CT molecular complexity index is 1150. The zero-order valence-electron chi connectivity index (χ0n) is 17.3. The van der Waals surface area contributed by atoms with Crippen LogP contribution in [0.5, 0.6) is 0 Å². The Labute approximate surface area is 195 Å². The number of thioether (sulfide) groups is 2. The van der Waals surface area contributed by atoms with Crippen molar-refractivity contribution in [1.29, 1.82) is 0 Å². The summed E-state index contributed by atoms with van der Waals surface area (Å²) in [7, 11) is 1.69. The summed E-state index contributed by atoms with van der Waals surface area (Å²) in [4.78, 5) is 38.5. The number of hydrogen-bond donors (Lipinski definition) is 2. The Balaban J connectivity index is 1.44. The first-order valence-electron chi connectivity index (χ1n) is 9.43. The first-order valence-corrected chi connectivity index (χ1v) is 11.8. The molecular weight excluding hydrogens is 480 g/mol. The number of aromatic nitrogens is 6. The molecule has 0 saturated carbocycles. The molecule has 4 rings (SSSR count). The minimum Gasteiger partial charge on any atom is -0.477 e. The number of rotatable bonds is 7. The van der Waals surface area contributed by atoms with Crippen LogP contribution < -0.4 is 5.32 Å². The first-order chi connectivity index (χ1) is 15.2. The zero-order valence-corrected chi connectivity index (χ0v) is 19.7. The number of aliphatic carboxylic acids is 1. The third-order valence-corrected chi connectivity index (χ3v) is 8.09. The standard InChI is InChI=1S/C17H19ClN8O4S2/c1-7-11(18)8(2)25(21-7)4-10(27)19-12-14(28)26-13(16(29)30)9(5-31-15(12)26)6-32-17-20-22-23-24(17)3/h12,15H,4-6H2,1-3H3,(H,19,27)(H,29,30). The molecule has 2 N–H and O–H groups in total. The molecule has 1 fully saturated rings. The Morgan fingerprint density at radius 1 is 1.38 bits per heavy atom. The van der Waals surface area contributed by atoms with E-state index in [9.17, 15) is 19.5 Å². The molecule has 2 aliphatic heterocycles. The van der Waals surface area contributed by atoms with Crippen LogP contribution in [0.1, 0.15) is 11.4 Å². The van der Waals surface area contributed by atoms with Gasteiger partial charge in [-0.3, -0.25) is 19.2 Å². The maximum Gasteiger partial charge on any atom is 0.352 e. The minimum absolute atomic E-state index is 0.0443. The summed E-state index contributed by atoms with van der Waals surface area (Å²) in [5.41, 5.74) is 1.83. The molecule has 0 bridgehead atoms. The molecule has 2 atom stereocenters. The molecular formula is C17H19ClN8O4S2. The average molecular weight is 499 g/mol. The lowest BCUT2D eigenvalue weighted by molar-refractivity contribution is -0.150. The molecule has 4 heterocycles. The lowest BCUT2D eigenvalue weighted by Gasteiger charge is -2.49. The Kier molecular flexibility index (Phi) is 6.18. The zero-order chi connectivity index (χ0) is 23.2. The van der Waals surface area contributed by atoms with Gasteiger partial charge in [-0.25, -0.2) is 9.48 Å². The Morgan fingerprint density at radius 3 is 2.72 bits per heavy atom. The summed E-state index contributed by atoms with van der Waals surface area (Å²) in [6.07, 6.45) is 0. The number of carboxylic acid groups (broad SMARTS) is 1. The fraction of sp³-hybridized carbons (Fsp3) is 0.471. The molecule has 2 aromatic heterocycles. The van der Waals surface area contributed by atoms with Gasteiger partial charge in [-0.1, -0.05) is 23.4 Å². The van der Waals surface area contributed by atoms with Crippen molar-refractivity contribution in [2.45, 2.75) is 37.0 Å². The van der Waals surface area contributed by atoms with Gasteiger partial charge in [-0.15, -0.1) is 16.9 Å². The number of carbonyl (C=O) groups excluding carboxylic acids is 2. The van der Waals surface area contributed by atoms with Crippen LogP contribution in [-0.2, 0) is 28.0 Å². The van der Waals surface area contributed by atoms with Crippen LogP contribution in [0.2, 0.25) is 5.02 Å². The summed E-state index contributed by atoms with van der Waals surface area (Å²) in [6.45, 7) is 3.41. The third-order valence-electron chi connectivity index (χ3n) is 5.11. The van der Waals surface area contributed by atoms with Crippen LogP contribution in [0, 0.1) is 13.8 Å². The Morgan fingerprint density at radius 2 is 2.12 bits per heavy atom. The highest BCUT2D eigenvalue weighted by Gasteiger charge is 2.54. The van der Waals surface area contributed by atoms with Gasteiger partial charge in [0.05, 0.1) is 16.4 Å². The molecule has 12 nitrogen and oxygen atoms in total. The molecule has 0 spiro atoms. The van der Waals surface area contributed by atoms with Crippen molar-refractivity contribution in [3.8, 4) is 0 Å². The van der Waals surface area contributed by atoms with Gasteiger partial charge < -0.3 is 10.4 Å². The summed E-state index contributed by atoms with van der Waals surface area (Å²) < 4.78 is 2.96. The second kappa shape index (κ2) is 8.75. The van der Waals surface area contributed by atoms with Gasteiger partial charge in [-0.05, 0) is 29.8 Å². The number of amides is 2. The maximum atomic E-state index is 12.8. The van der Waals surface area contributed by atoms with Crippen molar-refractivity contribution in [2.75, 3.05) is 11.5 Å². The van der Waals surface area contributed by atoms with E-state index < -0.39 is 29.2 Å². The van der Waals surface area contributed by atoms with E-state index in [0.29, 0.717) is 38.6 Å². The fourth-order valence-electron chi connectivity index (χ4n) is 3.47. The molecule has 0 radical (unpaired) electrons. The highest BCUT2D eigenvalue weighted by atomic mass is 35.5. The van der Waals surface area contributed by atoms with Crippen LogP contribution in [0.25, 0.3) is 0 Å². The fourth-order valence-corrected chi connectivity index (χ4v) is 5.94. The smallest absolute Gasteiger partial charge is 0.352 e. The lowest BCUT2D eigenvalue weighted by Crippen LogP contribution is -2.70. The van der Waals surface area contributed by atoms with Crippen LogP contribution in [-0.4, -0.2) is 80.7 Å². The molecule has 170 valence electrons. The normalized spacial score (nSPS) is 20.2. The van der Waals surface area contributed by atoms with E-state index in [1.165, 1.54) is 37.8 Å². The molecule has 32 heavy (non-hydrogen) atoms. The largest absolute Gasteiger partial charge is 0.477 e. The summed E-state index contributed by atoms with van der Waals surface area (Å²) in [6, 6.07) is -0.800. The van der Waals surface area contributed by atoms with Gasteiger partial charge >= 0.3 is 5.97 Å². The van der Waals surface area contributed by atoms with E-state index in [1.807, 2.05) is 0 Å². The van der Waals surface area contributed by atoms with E-state index >= 15 is 0 Å². The average Bonchev–Trinajstić information content (AvgIpc) is 3.27. The second-order valence-corrected chi connectivity index (χ2v) is 9.65. The highest BCUT2D eigenvalue weighted by molar-refractivity contribution is 8.01.